The molecule has 0 N–H and O–H groups in total. The van der Waals surface area contributed by atoms with Crippen molar-refractivity contribution in [2.45, 2.75) is 30.3 Å². The Bertz CT molecular complexity index is 639. The third kappa shape index (κ3) is 4.96. The lowest BCUT2D eigenvalue weighted by Gasteiger charge is -2.32. The SMILES string of the molecule is O=C(CCSc1ccccc1)N1CCC[C@H](Oc2ccncn2)C1. The molecule has 2 heterocycles. The molecule has 2 aromatic rings. The van der Waals surface area contributed by atoms with E-state index in [1.54, 1.807) is 24.0 Å². The molecular formula is C18H21N3O2S. The van der Waals surface area contributed by atoms with E-state index in [-0.39, 0.29) is 12.0 Å². The maximum atomic E-state index is 12.4. The molecule has 1 fully saturated rings. The normalized spacial score (nSPS) is 17.5. The van der Waals surface area contributed by atoms with E-state index in [1.165, 1.54) is 11.2 Å². The molecule has 6 heteroatoms. The quantitative estimate of drug-likeness (QED) is 0.755. The number of carbonyl (C=O) groups is 1. The molecule has 1 aliphatic rings. The van der Waals surface area contributed by atoms with E-state index in [4.69, 9.17) is 4.74 Å². The largest absolute Gasteiger partial charge is 0.472 e. The van der Waals surface area contributed by atoms with Crippen molar-refractivity contribution in [2.75, 3.05) is 18.8 Å². The van der Waals surface area contributed by atoms with Crippen molar-refractivity contribution >= 4 is 17.7 Å². The number of benzene rings is 1. The molecule has 1 aliphatic heterocycles. The predicted octanol–water partition coefficient (Wildman–Crippen LogP) is 3.03. The second-order valence-electron chi connectivity index (χ2n) is 5.68. The Labute approximate surface area is 146 Å². The van der Waals surface area contributed by atoms with Crippen LogP contribution in [0.5, 0.6) is 5.88 Å². The standard InChI is InChI=1S/C18H21N3O2S/c22-18(9-12-24-16-6-2-1-3-7-16)21-11-4-5-15(13-21)23-17-8-10-19-14-20-17/h1-3,6-8,10,14-15H,4-5,9,11-13H2/t15-/m0/s1. The summed E-state index contributed by atoms with van der Waals surface area (Å²) in [7, 11) is 0. The third-order valence-electron chi connectivity index (χ3n) is 3.90. The molecule has 5 nitrogen and oxygen atoms in total. The number of ether oxygens (including phenoxy) is 1. The van der Waals surface area contributed by atoms with Gasteiger partial charge < -0.3 is 9.64 Å². The molecule has 0 aliphatic carbocycles. The molecule has 126 valence electrons. The van der Waals surface area contributed by atoms with Crippen LogP contribution < -0.4 is 4.74 Å². The minimum atomic E-state index is 0.0133. The summed E-state index contributed by atoms with van der Waals surface area (Å²) in [5.74, 6) is 1.58. The van der Waals surface area contributed by atoms with E-state index in [0.29, 0.717) is 18.8 Å². The molecule has 0 spiro atoms. The van der Waals surface area contributed by atoms with Crippen LogP contribution in [0.25, 0.3) is 0 Å². The van der Waals surface area contributed by atoms with Crippen LogP contribution in [0.1, 0.15) is 19.3 Å². The summed E-state index contributed by atoms with van der Waals surface area (Å²) >= 11 is 1.72. The topological polar surface area (TPSA) is 55.3 Å². The molecule has 1 aromatic carbocycles. The lowest BCUT2D eigenvalue weighted by atomic mass is 10.1. The number of carbonyl (C=O) groups excluding carboxylic acids is 1. The van der Waals surface area contributed by atoms with Crippen LogP contribution >= 0.6 is 11.8 Å². The number of aromatic nitrogens is 2. The van der Waals surface area contributed by atoms with Gasteiger partial charge in [0.2, 0.25) is 11.8 Å². The fourth-order valence-corrected chi connectivity index (χ4v) is 3.57. The molecule has 1 aromatic heterocycles. The van der Waals surface area contributed by atoms with Crippen LogP contribution in [0.3, 0.4) is 0 Å². The first-order chi connectivity index (χ1) is 11.8. The van der Waals surface area contributed by atoms with Crippen LogP contribution in [-0.2, 0) is 4.79 Å². The minimum Gasteiger partial charge on any atom is -0.472 e. The van der Waals surface area contributed by atoms with E-state index in [1.807, 2.05) is 23.1 Å². The number of thioether (sulfide) groups is 1. The first kappa shape index (κ1) is 16.8. The molecule has 1 amide bonds. The first-order valence-corrected chi connectivity index (χ1v) is 9.18. The van der Waals surface area contributed by atoms with Gasteiger partial charge in [0.25, 0.3) is 0 Å². The molecular weight excluding hydrogens is 322 g/mol. The molecule has 1 atom stereocenters. The van der Waals surface area contributed by atoms with Gasteiger partial charge in [0.1, 0.15) is 12.4 Å². The van der Waals surface area contributed by atoms with Gasteiger partial charge in [-0.3, -0.25) is 4.79 Å². The predicted molar refractivity (Wildman–Crippen MR) is 94.0 cm³/mol. The summed E-state index contributed by atoms with van der Waals surface area (Å²) in [5.41, 5.74) is 0. The zero-order chi connectivity index (χ0) is 16.6. The third-order valence-corrected chi connectivity index (χ3v) is 4.91. The molecule has 24 heavy (non-hydrogen) atoms. The number of amides is 1. The molecule has 0 bridgehead atoms. The van der Waals surface area contributed by atoms with Crippen molar-refractivity contribution in [3.8, 4) is 5.88 Å². The van der Waals surface area contributed by atoms with Crippen molar-refractivity contribution in [1.29, 1.82) is 0 Å². The van der Waals surface area contributed by atoms with Crippen LogP contribution in [-0.4, -0.2) is 45.7 Å². The molecule has 0 unspecified atom stereocenters. The highest BCUT2D eigenvalue weighted by molar-refractivity contribution is 7.99. The minimum absolute atomic E-state index is 0.0133. The van der Waals surface area contributed by atoms with E-state index < -0.39 is 0 Å². The Kier molecular flexibility index (Phi) is 6.07. The second-order valence-corrected chi connectivity index (χ2v) is 6.85. The molecule has 3 rings (SSSR count). The number of rotatable bonds is 6. The van der Waals surface area contributed by atoms with Gasteiger partial charge >= 0.3 is 0 Å². The van der Waals surface area contributed by atoms with Gasteiger partial charge in [0.05, 0.1) is 6.54 Å². The van der Waals surface area contributed by atoms with Crippen molar-refractivity contribution in [2.24, 2.45) is 0 Å². The van der Waals surface area contributed by atoms with Crippen molar-refractivity contribution in [3.05, 3.63) is 48.9 Å². The van der Waals surface area contributed by atoms with Gasteiger partial charge in [-0.2, -0.15) is 0 Å². The lowest BCUT2D eigenvalue weighted by molar-refractivity contribution is -0.133. The zero-order valence-electron chi connectivity index (χ0n) is 13.5. The summed E-state index contributed by atoms with van der Waals surface area (Å²) in [6.07, 6.45) is 5.62. The fraction of sp³-hybridized carbons (Fsp3) is 0.389. The maximum Gasteiger partial charge on any atom is 0.223 e. The number of nitrogens with zero attached hydrogens (tertiary/aromatic N) is 3. The van der Waals surface area contributed by atoms with E-state index in [9.17, 15) is 4.79 Å². The summed E-state index contributed by atoms with van der Waals surface area (Å²) in [6, 6.07) is 11.9. The van der Waals surface area contributed by atoms with Crippen LogP contribution in [0, 0.1) is 0 Å². The van der Waals surface area contributed by atoms with Crippen molar-refractivity contribution in [1.82, 2.24) is 14.9 Å². The summed E-state index contributed by atoms with van der Waals surface area (Å²) in [4.78, 5) is 23.5. The number of piperidine rings is 1. The fourth-order valence-electron chi connectivity index (χ4n) is 2.71. The summed E-state index contributed by atoms with van der Waals surface area (Å²) < 4.78 is 5.86. The monoisotopic (exact) mass is 343 g/mol. The van der Waals surface area contributed by atoms with Gasteiger partial charge in [-0.1, -0.05) is 18.2 Å². The van der Waals surface area contributed by atoms with E-state index in [0.717, 1.165) is 25.1 Å². The van der Waals surface area contributed by atoms with Crippen molar-refractivity contribution in [3.63, 3.8) is 0 Å². The zero-order valence-corrected chi connectivity index (χ0v) is 14.3. The Morgan fingerprint density at radius 2 is 2.17 bits per heavy atom. The lowest BCUT2D eigenvalue weighted by Crippen LogP contribution is -2.44. The first-order valence-electron chi connectivity index (χ1n) is 8.19. The summed E-state index contributed by atoms with van der Waals surface area (Å²) in [6.45, 7) is 1.46. The smallest absolute Gasteiger partial charge is 0.223 e. The van der Waals surface area contributed by atoms with Gasteiger partial charge in [0, 0.05) is 35.9 Å². The van der Waals surface area contributed by atoms with E-state index >= 15 is 0 Å². The van der Waals surface area contributed by atoms with Gasteiger partial charge in [-0.15, -0.1) is 11.8 Å². The van der Waals surface area contributed by atoms with Gasteiger partial charge in [0.15, 0.2) is 0 Å². The summed E-state index contributed by atoms with van der Waals surface area (Å²) in [5, 5.41) is 0. The average molecular weight is 343 g/mol. The van der Waals surface area contributed by atoms with Crippen LogP contribution in [0.2, 0.25) is 0 Å². The highest BCUT2D eigenvalue weighted by Gasteiger charge is 2.24. The Hall–Kier alpha value is -2.08. The Morgan fingerprint density at radius 1 is 1.29 bits per heavy atom. The second kappa shape index (κ2) is 8.68. The maximum absolute atomic E-state index is 12.4. The Balaban J connectivity index is 1.44. The van der Waals surface area contributed by atoms with Crippen LogP contribution in [0.4, 0.5) is 0 Å². The van der Waals surface area contributed by atoms with Crippen LogP contribution in [0.15, 0.2) is 53.8 Å². The highest BCUT2D eigenvalue weighted by Crippen LogP contribution is 2.20. The molecule has 0 radical (unpaired) electrons. The van der Waals surface area contributed by atoms with E-state index in [2.05, 4.69) is 22.1 Å². The molecule has 1 saturated heterocycles. The Morgan fingerprint density at radius 3 is 2.96 bits per heavy atom. The van der Waals surface area contributed by atoms with Gasteiger partial charge in [-0.05, 0) is 25.0 Å². The van der Waals surface area contributed by atoms with Crippen molar-refractivity contribution < 1.29 is 9.53 Å². The van der Waals surface area contributed by atoms with Gasteiger partial charge in [-0.25, -0.2) is 9.97 Å². The molecule has 0 saturated carbocycles. The number of likely N-dealkylation sites (tertiary alicyclic amines) is 1. The highest BCUT2D eigenvalue weighted by atomic mass is 32.2. The number of hydrogen-bond acceptors (Lipinski definition) is 5. The average Bonchev–Trinajstić information content (AvgIpc) is 2.64. The number of hydrogen-bond donors (Lipinski definition) is 0.